The number of allylic oxidation sites excluding steroid dienone is 1. The number of anilines is 1. The van der Waals surface area contributed by atoms with Gasteiger partial charge in [0.1, 0.15) is 5.75 Å². The molecule has 1 aromatic carbocycles. The van der Waals surface area contributed by atoms with E-state index in [2.05, 4.69) is 18.7 Å². The molecule has 0 spiro atoms. The van der Waals surface area contributed by atoms with Crippen LogP contribution in [0.15, 0.2) is 24.3 Å². The van der Waals surface area contributed by atoms with Gasteiger partial charge in [-0.2, -0.15) is 5.26 Å². The van der Waals surface area contributed by atoms with Crippen LogP contribution in [-0.4, -0.2) is 18.2 Å². The van der Waals surface area contributed by atoms with Crippen molar-refractivity contribution in [2.45, 2.75) is 13.8 Å². The van der Waals surface area contributed by atoms with Gasteiger partial charge in [0.25, 0.3) is 0 Å². The van der Waals surface area contributed by atoms with Gasteiger partial charge in [0.15, 0.2) is 0 Å². The van der Waals surface area contributed by atoms with Crippen LogP contribution in [0.25, 0.3) is 6.08 Å². The average molecular weight is 216 g/mol. The molecule has 0 fully saturated rings. The highest BCUT2D eigenvalue weighted by Crippen LogP contribution is 2.25. The van der Waals surface area contributed by atoms with Crippen LogP contribution < -0.4 is 4.90 Å². The Morgan fingerprint density at radius 1 is 1.38 bits per heavy atom. The molecular weight excluding hydrogens is 200 g/mol. The second-order valence-corrected chi connectivity index (χ2v) is 3.38. The summed E-state index contributed by atoms with van der Waals surface area (Å²) < 4.78 is 0. The normalized spacial score (nSPS) is 10.3. The Bertz CT molecular complexity index is 414. The van der Waals surface area contributed by atoms with Gasteiger partial charge in [-0.3, -0.25) is 0 Å². The SMILES string of the molecule is CCN(CC)c1ccc(C=CC#N)c(O)c1. The molecule has 0 aliphatic heterocycles. The molecule has 1 rings (SSSR count). The molecule has 0 atom stereocenters. The fourth-order valence-electron chi connectivity index (χ4n) is 1.59. The second-order valence-electron chi connectivity index (χ2n) is 3.38. The molecule has 0 aromatic heterocycles. The second kappa shape index (κ2) is 5.82. The molecule has 3 nitrogen and oxygen atoms in total. The number of phenols is 1. The third kappa shape index (κ3) is 2.77. The Hall–Kier alpha value is -1.95. The zero-order valence-corrected chi connectivity index (χ0v) is 9.64. The molecule has 0 heterocycles. The van der Waals surface area contributed by atoms with Crippen LogP contribution in [0.2, 0.25) is 0 Å². The van der Waals surface area contributed by atoms with Gasteiger partial charge < -0.3 is 10.0 Å². The number of aromatic hydroxyl groups is 1. The summed E-state index contributed by atoms with van der Waals surface area (Å²) in [6.07, 6.45) is 2.95. The zero-order valence-electron chi connectivity index (χ0n) is 9.64. The van der Waals surface area contributed by atoms with Crippen molar-refractivity contribution in [1.82, 2.24) is 0 Å². The summed E-state index contributed by atoms with van der Waals surface area (Å²) in [6, 6.07) is 7.39. The summed E-state index contributed by atoms with van der Waals surface area (Å²) in [7, 11) is 0. The minimum Gasteiger partial charge on any atom is -0.507 e. The molecule has 16 heavy (non-hydrogen) atoms. The van der Waals surface area contributed by atoms with Gasteiger partial charge in [0.05, 0.1) is 6.07 Å². The maximum Gasteiger partial charge on any atom is 0.124 e. The van der Waals surface area contributed by atoms with E-state index in [0.717, 1.165) is 18.8 Å². The lowest BCUT2D eigenvalue weighted by Gasteiger charge is -2.21. The van der Waals surface area contributed by atoms with E-state index < -0.39 is 0 Å². The first-order valence-corrected chi connectivity index (χ1v) is 5.37. The first-order chi connectivity index (χ1) is 7.72. The first-order valence-electron chi connectivity index (χ1n) is 5.37. The van der Waals surface area contributed by atoms with E-state index in [9.17, 15) is 5.11 Å². The van der Waals surface area contributed by atoms with Crippen LogP contribution in [0.5, 0.6) is 5.75 Å². The van der Waals surface area contributed by atoms with Crippen molar-refractivity contribution < 1.29 is 5.11 Å². The van der Waals surface area contributed by atoms with E-state index >= 15 is 0 Å². The summed E-state index contributed by atoms with van der Waals surface area (Å²) in [5, 5.41) is 18.2. The van der Waals surface area contributed by atoms with Crippen molar-refractivity contribution in [3.05, 3.63) is 29.8 Å². The lowest BCUT2D eigenvalue weighted by Crippen LogP contribution is -2.21. The Balaban J connectivity index is 2.99. The van der Waals surface area contributed by atoms with Crippen molar-refractivity contribution in [3.63, 3.8) is 0 Å². The predicted molar refractivity (Wildman–Crippen MR) is 66.3 cm³/mol. The summed E-state index contributed by atoms with van der Waals surface area (Å²) in [5.74, 6) is 0.205. The van der Waals surface area contributed by atoms with Crippen LogP contribution in [0.3, 0.4) is 0 Å². The number of nitrogens with zero attached hydrogens (tertiary/aromatic N) is 2. The maximum absolute atomic E-state index is 9.77. The molecule has 0 amide bonds. The molecule has 0 aliphatic rings. The minimum absolute atomic E-state index is 0.205. The standard InChI is InChI=1S/C13H16N2O/c1-3-15(4-2)12-8-7-11(6-5-9-14)13(16)10-12/h5-8,10,16H,3-4H2,1-2H3. The van der Waals surface area contributed by atoms with E-state index in [-0.39, 0.29) is 5.75 Å². The van der Waals surface area contributed by atoms with E-state index in [0.29, 0.717) is 5.56 Å². The molecule has 0 saturated heterocycles. The molecule has 1 aromatic rings. The number of benzene rings is 1. The molecule has 3 heteroatoms. The summed E-state index contributed by atoms with van der Waals surface area (Å²) >= 11 is 0. The van der Waals surface area contributed by atoms with Crippen LogP contribution in [0, 0.1) is 11.3 Å². The van der Waals surface area contributed by atoms with Crippen molar-refractivity contribution in [2.75, 3.05) is 18.0 Å². The van der Waals surface area contributed by atoms with Crippen molar-refractivity contribution in [3.8, 4) is 11.8 Å². The van der Waals surface area contributed by atoms with Gasteiger partial charge in [-0.1, -0.05) is 0 Å². The third-order valence-corrected chi connectivity index (χ3v) is 2.48. The van der Waals surface area contributed by atoms with Gasteiger partial charge in [-0.15, -0.1) is 0 Å². The van der Waals surface area contributed by atoms with Gasteiger partial charge in [-0.25, -0.2) is 0 Å². The van der Waals surface area contributed by atoms with Crippen LogP contribution in [0.4, 0.5) is 5.69 Å². The van der Waals surface area contributed by atoms with Gasteiger partial charge in [0.2, 0.25) is 0 Å². The van der Waals surface area contributed by atoms with Gasteiger partial charge in [0, 0.05) is 36.5 Å². The van der Waals surface area contributed by atoms with Gasteiger partial charge >= 0.3 is 0 Å². The minimum atomic E-state index is 0.205. The monoisotopic (exact) mass is 216 g/mol. The predicted octanol–water partition coefficient (Wildman–Crippen LogP) is 2.78. The van der Waals surface area contributed by atoms with E-state index in [1.165, 1.54) is 6.08 Å². The van der Waals surface area contributed by atoms with E-state index in [4.69, 9.17) is 5.26 Å². The molecular formula is C13H16N2O. The Kier molecular flexibility index (Phi) is 4.41. The highest BCUT2D eigenvalue weighted by Gasteiger charge is 2.04. The molecule has 0 unspecified atom stereocenters. The molecule has 1 N–H and O–H groups in total. The number of phenolic OH excluding ortho intramolecular Hbond substituents is 1. The number of hydrogen-bond acceptors (Lipinski definition) is 3. The molecule has 0 radical (unpaired) electrons. The Labute approximate surface area is 96.2 Å². The van der Waals surface area contributed by atoms with E-state index in [1.54, 1.807) is 12.1 Å². The summed E-state index contributed by atoms with van der Waals surface area (Å²) in [4.78, 5) is 2.15. The van der Waals surface area contributed by atoms with Gasteiger partial charge in [-0.05, 0) is 32.1 Å². The molecule has 0 saturated carbocycles. The molecule has 84 valence electrons. The zero-order chi connectivity index (χ0) is 12.0. The Morgan fingerprint density at radius 3 is 2.56 bits per heavy atom. The number of nitriles is 1. The molecule has 0 bridgehead atoms. The third-order valence-electron chi connectivity index (χ3n) is 2.48. The van der Waals surface area contributed by atoms with Crippen molar-refractivity contribution in [1.29, 1.82) is 5.26 Å². The largest absolute Gasteiger partial charge is 0.507 e. The number of rotatable bonds is 4. The van der Waals surface area contributed by atoms with Crippen molar-refractivity contribution in [2.24, 2.45) is 0 Å². The maximum atomic E-state index is 9.77. The summed E-state index contributed by atoms with van der Waals surface area (Å²) in [6.45, 7) is 5.96. The van der Waals surface area contributed by atoms with E-state index in [1.807, 2.05) is 18.2 Å². The highest BCUT2D eigenvalue weighted by atomic mass is 16.3. The lowest BCUT2D eigenvalue weighted by molar-refractivity contribution is 0.474. The lowest BCUT2D eigenvalue weighted by atomic mass is 10.1. The smallest absolute Gasteiger partial charge is 0.124 e. The van der Waals surface area contributed by atoms with Crippen LogP contribution in [0.1, 0.15) is 19.4 Å². The fraction of sp³-hybridized carbons (Fsp3) is 0.308. The highest BCUT2D eigenvalue weighted by molar-refractivity contribution is 5.64. The van der Waals surface area contributed by atoms with Crippen molar-refractivity contribution >= 4 is 11.8 Å². The number of hydrogen-bond donors (Lipinski definition) is 1. The van der Waals surface area contributed by atoms with Crippen LogP contribution >= 0.6 is 0 Å². The van der Waals surface area contributed by atoms with Crippen LogP contribution in [-0.2, 0) is 0 Å². The topological polar surface area (TPSA) is 47.3 Å². The summed E-state index contributed by atoms with van der Waals surface area (Å²) in [5.41, 5.74) is 1.66. The average Bonchev–Trinajstić information content (AvgIpc) is 2.29. The quantitative estimate of drug-likeness (QED) is 0.787. The fourth-order valence-corrected chi connectivity index (χ4v) is 1.59. The molecule has 0 aliphatic carbocycles. The first kappa shape index (κ1) is 12.1. The Morgan fingerprint density at radius 2 is 2.06 bits per heavy atom.